The first-order chi connectivity index (χ1) is 8.31. The molecule has 3 N–H and O–H groups in total. The molecule has 0 saturated heterocycles. The van der Waals surface area contributed by atoms with E-state index >= 15 is 0 Å². The van der Waals surface area contributed by atoms with E-state index in [1.54, 1.807) is 0 Å². The first kappa shape index (κ1) is 11.7. The molecule has 0 unspecified atom stereocenters. The Morgan fingerprint density at radius 1 is 1.41 bits per heavy atom. The van der Waals surface area contributed by atoms with Crippen molar-refractivity contribution in [1.82, 2.24) is 4.98 Å². The molecule has 0 bridgehead atoms. The van der Waals surface area contributed by atoms with Crippen molar-refractivity contribution in [2.24, 2.45) is 5.73 Å². The molecule has 88 valence electrons. The van der Waals surface area contributed by atoms with Gasteiger partial charge < -0.3 is 10.7 Å². The molecule has 2 heteroatoms. The molecule has 0 spiro atoms. The van der Waals surface area contributed by atoms with Crippen LogP contribution in [0.15, 0.2) is 36.9 Å². The van der Waals surface area contributed by atoms with E-state index in [-0.39, 0.29) is 0 Å². The number of hydrogen-bond donors (Lipinski definition) is 2. The first-order valence-electron chi connectivity index (χ1n) is 5.90. The molecule has 2 aromatic rings. The van der Waals surface area contributed by atoms with Crippen LogP contribution in [0.5, 0.6) is 0 Å². The van der Waals surface area contributed by atoms with Crippen molar-refractivity contribution in [2.75, 3.05) is 6.54 Å². The van der Waals surface area contributed by atoms with Gasteiger partial charge in [-0.1, -0.05) is 30.9 Å². The van der Waals surface area contributed by atoms with E-state index in [1.165, 1.54) is 16.5 Å². The minimum absolute atomic E-state index is 0.662. The maximum absolute atomic E-state index is 5.67. The third-order valence-corrected chi connectivity index (χ3v) is 3.02. The maximum Gasteiger partial charge on any atom is 0.0464 e. The summed E-state index contributed by atoms with van der Waals surface area (Å²) in [6.45, 7) is 6.59. The molecule has 0 aliphatic heterocycles. The van der Waals surface area contributed by atoms with Gasteiger partial charge in [0.2, 0.25) is 0 Å². The molecule has 0 fully saturated rings. The lowest BCUT2D eigenvalue weighted by Gasteiger charge is -2.06. The first-order valence-corrected chi connectivity index (χ1v) is 5.90. The zero-order valence-corrected chi connectivity index (χ0v) is 10.2. The zero-order chi connectivity index (χ0) is 12.3. The largest absolute Gasteiger partial charge is 0.355 e. The number of aromatic amines is 1. The standard InChI is InChI=1S/C15H18N2/c1-3-11(9-10-16)15-12-7-5-6-8-14(12)17-13(15)4-2/h3-8,17H,2,9-10,16H2,1H3/b11-3-. The Balaban J connectivity index is 2.68. The lowest BCUT2D eigenvalue weighted by atomic mass is 9.99. The SMILES string of the molecule is C=Cc1[nH]c2ccccc2c1/C(=C\C)CCN. The second-order valence-corrected chi connectivity index (χ2v) is 4.02. The molecular weight excluding hydrogens is 208 g/mol. The molecule has 0 aliphatic rings. The molecule has 0 radical (unpaired) electrons. The average molecular weight is 226 g/mol. The summed E-state index contributed by atoms with van der Waals surface area (Å²) in [4.78, 5) is 3.39. The number of rotatable bonds is 4. The van der Waals surface area contributed by atoms with E-state index < -0.39 is 0 Å². The Morgan fingerprint density at radius 2 is 2.18 bits per heavy atom. The minimum atomic E-state index is 0.662. The second kappa shape index (κ2) is 5.02. The fraction of sp³-hybridized carbons (Fsp3) is 0.200. The Labute approximate surface area is 102 Å². The molecule has 2 nitrogen and oxygen atoms in total. The summed E-state index contributed by atoms with van der Waals surface area (Å²) in [6.07, 6.45) is 4.89. The molecule has 17 heavy (non-hydrogen) atoms. The Bertz CT molecular complexity index is 561. The van der Waals surface area contributed by atoms with Crippen molar-refractivity contribution in [3.63, 3.8) is 0 Å². The summed E-state index contributed by atoms with van der Waals surface area (Å²) >= 11 is 0. The molecule has 1 aromatic heterocycles. The number of fused-ring (bicyclic) bond motifs is 1. The highest BCUT2D eigenvalue weighted by molar-refractivity contribution is 5.96. The van der Waals surface area contributed by atoms with Crippen LogP contribution in [0.25, 0.3) is 22.6 Å². The van der Waals surface area contributed by atoms with Gasteiger partial charge in [-0.15, -0.1) is 0 Å². The second-order valence-electron chi connectivity index (χ2n) is 4.02. The van der Waals surface area contributed by atoms with E-state index in [0.717, 1.165) is 17.6 Å². The number of hydrogen-bond acceptors (Lipinski definition) is 1. The van der Waals surface area contributed by atoms with Crippen molar-refractivity contribution in [1.29, 1.82) is 0 Å². The molecule has 0 saturated carbocycles. The van der Waals surface area contributed by atoms with Gasteiger partial charge in [0.1, 0.15) is 0 Å². The number of H-pyrrole nitrogens is 1. The fourth-order valence-corrected chi connectivity index (χ4v) is 2.23. The average Bonchev–Trinajstić information content (AvgIpc) is 2.74. The number of nitrogens with two attached hydrogens (primary N) is 1. The third kappa shape index (κ3) is 2.04. The number of aromatic nitrogens is 1. The van der Waals surface area contributed by atoms with Gasteiger partial charge in [0, 0.05) is 22.2 Å². The van der Waals surface area contributed by atoms with Crippen LogP contribution in [0.2, 0.25) is 0 Å². The number of nitrogens with one attached hydrogen (secondary N) is 1. The van der Waals surface area contributed by atoms with E-state index in [0.29, 0.717) is 6.54 Å². The van der Waals surface area contributed by atoms with E-state index in [1.807, 2.05) is 12.1 Å². The van der Waals surface area contributed by atoms with Crippen molar-refractivity contribution >= 4 is 22.6 Å². The summed E-state index contributed by atoms with van der Waals surface area (Å²) in [5.74, 6) is 0. The monoisotopic (exact) mass is 226 g/mol. The summed E-state index contributed by atoms with van der Waals surface area (Å²) in [5, 5.41) is 1.24. The van der Waals surface area contributed by atoms with Gasteiger partial charge in [-0.2, -0.15) is 0 Å². The van der Waals surface area contributed by atoms with Crippen molar-refractivity contribution in [3.05, 3.63) is 48.2 Å². The Kier molecular flexibility index (Phi) is 3.45. The molecule has 2 rings (SSSR count). The Hall–Kier alpha value is -1.80. The van der Waals surface area contributed by atoms with Crippen molar-refractivity contribution in [2.45, 2.75) is 13.3 Å². The highest BCUT2D eigenvalue weighted by atomic mass is 14.7. The number of benzene rings is 1. The van der Waals surface area contributed by atoms with Gasteiger partial charge >= 0.3 is 0 Å². The highest BCUT2D eigenvalue weighted by Crippen LogP contribution is 2.31. The van der Waals surface area contributed by atoms with Crippen molar-refractivity contribution in [3.8, 4) is 0 Å². The van der Waals surface area contributed by atoms with Crippen LogP contribution in [0.4, 0.5) is 0 Å². The number of para-hydroxylation sites is 1. The van der Waals surface area contributed by atoms with Crippen molar-refractivity contribution < 1.29 is 0 Å². The van der Waals surface area contributed by atoms with Crippen LogP contribution in [0.3, 0.4) is 0 Å². The summed E-state index contributed by atoms with van der Waals surface area (Å²) in [7, 11) is 0. The zero-order valence-electron chi connectivity index (χ0n) is 10.2. The van der Waals surface area contributed by atoms with Crippen LogP contribution < -0.4 is 5.73 Å². The Morgan fingerprint density at radius 3 is 2.82 bits per heavy atom. The van der Waals surface area contributed by atoms with Crippen LogP contribution in [0.1, 0.15) is 24.6 Å². The van der Waals surface area contributed by atoms with E-state index in [4.69, 9.17) is 5.73 Å². The minimum Gasteiger partial charge on any atom is -0.355 e. The lowest BCUT2D eigenvalue weighted by molar-refractivity contribution is 1.02. The van der Waals surface area contributed by atoms with Gasteiger partial charge in [-0.05, 0) is 37.6 Å². The van der Waals surface area contributed by atoms with Crippen LogP contribution >= 0.6 is 0 Å². The maximum atomic E-state index is 5.67. The third-order valence-electron chi connectivity index (χ3n) is 3.02. The summed E-state index contributed by atoms with van der Waals surface area (Å²) in [5.41, 5.74) is 10.4. The normalized spacial score (nSPS) is 12.0. The van der Waals surface area contributed by atoms with Gasteiger partial charge in [0.25, 0.3) is 0 Å². The topological polar surface area (TPSA) is 41.8 Å². The van der Waals surface area contributed by atoms with Gasteiger partial charge in [-0.3, -0.25) is 0 Å². The smallest absolute Gasteiger partial charge is 0.0464 e. The predicted octanol–water partition coefficient (Wildman–Crippen LogP) is 3.56. The van der Waals surface area contributed by atoms with Gasteiger partial charge in [-0.25, -0.2) is 0 Å². The highest BCUT2D eigenvalue weighted by Gasteiger charge is 2.11. The van der Waals surface area contributed by atoms with E-state index in [2.05, 4.69) is 42.8 Å². The molecular formula is C15H18N2. The van der Waals surface area contributed by atoms with Gasteiger partial charge in [0.15, 0.2) is 0 Å². The summed E-state index contributed by atoms with van der Waals surface area (Å²) < 4.78 is 0. The van der Waals surface area contributed by atoms with Gasteiger partial charge in [0.05, 0.1) is 0 Å². The molecule has 1 aromatic carbocycles. The van der Waals surface area contributed by atoms with Crippen LogP contribution in [0, 0.1) is 0 Å². The number of allylic oxidation sites excluding steroid dienone is 1. The quantitative estimate of drug-likeness (QED) is 0.822. The molecule has 0 aliphatic carbocycles. The van der Waals surface area contributed by atoms with Crippen LogP contribution in [-0.4, -0.2) is 11.5 Å². The molecule has 0 amide bonds. The molecule has 0 atom stereocenters. The fourth-order valence-electron chi connectivity index (χ4n) is 2.23. The molecule has 1 heterocycles. The lowest BCUT2D eigenvalue weighted by Crippen LogP contribution is -2.00. The predicted molar refractivity (Wildman–Crippen MR) is 75.7 cm³/mol. The van der Waals surface area contributed by atoms with E-state index in [9.17, 15) is 0 Å². The van der Waals surface area contributed by atoms with Crippen LogP contribution in [-0.2, 0) is 0 Å². The summed E-state index contributed by atoms with van der Waals surface area (Å²) in [6, 6.07) is 8.31.